The van der Waals surface area contributed by atoms with Crippen molar-refractivity contribution in [2.45, 2.75) is 26.7 Å². The summed E-state index contributed by atoms with van der Waals surface area (Å²) in [5.74, 6) is 0.880. The molecule has 3 rings (SSSR count). The lowest BCUT2D eigenvalue weighted by molar-refractivity contribution is 0.0900. The van der Waals surface area contributed by atoms with Crippen LogP contribution in [0.1, 0.15) is 34.5 Å². The SMILES string of the molecule is COCCN1CCC(CNC(=O)c2oc3c(C)cccc3c2C)CC1. The molecule has 1 aromatic heterocycles. The highest BCUT2D eigenvalue weighted by Gasteiger charge is 2.22. The first kappa shape index (κ1) is 18.0. The van der Waals surface area contributed by atoms with Crippen molar-refractivity contribution in [2.75, 3.05) is 39.9 Å². The Bertz CT molecular complexity index is 730. The summed E-state index contributed by atoms with van der Waals surface area (Å²) in [6.45, 7) is 8.60. The standard InChI is InChI=1S/C20H28N2O3/c1-14-5-4-6-17-15(2)19(25-18(14)17)20(23)21-13-16-7-9-22(10-8-16)11-12-24-3/h4-6,16H,7-13H2,1-3H3,(H,21,23). The van der Waals surface area contributed by atoms with E-state index in [1.54, 1.807) is 7.11 Å². The molecule has 5 heteroatoms. The van der Waals surface area contributed by atoms with Gasteiger partial charge in [0.05, 0.1) is 6.61 Å². The molecule has 1 fully saturated rings. The molecule has 0 spiro atoms. The van der Waals surface area contributed by atoms with Crippen LogP contribution in [0.3, 0.4) is 0 Å². The van der Waals surface area contributed by atoms with E-state index in [4.69, 9.17) is 9.15 Å². The summed E-state index contributed by atoms with van der Waals surface area (Å²) < 4.78 is 11.0. The highest BCUT2D eigenvalue weighted by atomic mass is 16.5. The number of methoxy groups -OCH3 is 1. The van der Waals surface area contributed by atoms with Crippen molar-refractivity contribution in [3.63, 3.8) is 0 Å². The predicted molar refractivity (Wildman–Crippen MR) is 99.1 cm³/mol. The van der Waals surface area contributed by atoms with E-state index in [9.17, 15) is 4.79 Å². The Kier molecular flexibility index (Phi) is 5.76. The third-order valence-corrected chi connectivity index (χ3v) is 5.24. The van der Waals surface area contributed by atoms with Crippen LogP contribution in [0, 0.1) is 19.8 Å². The molecule has 0 bridgehead atoms. The smallest absolute Gasteiger partial charge is 0.287 e. The Labute approximate surface area is 149 Å². The van der Waals surface area contributed by atoms with Gasteiger partial charge in [-0.2, -0.15) is 0 Å². The molecule has 0 radical (unpaired) electrons. The molecular formula is C20H28N2O3. The van der Waals surface area contributed by atoms with E-state index >= 15 is 0 Å². The summed E-state index contributed by atoms with van der Waals surface area (Å²) in [5.41, 5.74) is 2.80. The van der Waals surface area contributed by atoms with Gasteiger partial charge < -0.3 is 19.4 Å². The number of piperidine rings is 1. The molecule has 1 aliphatic heterocycles. The summed E-state index contributed by atoms with van der Waals surface area (Å²) in [6, 6.07) is 6.01. The quantitative estimate of drug-likeness (QED) is 0.875. The molecule has 2 aromatic rings. The van der Waals surface area contributed by atoms with Gasteiger partial charge in [-0.05, 0) is 51.3 Å². The van der Waals surface area contributed by atoms with E-state index in [2.05, 4.69) is 10.2 Å². The number of likely N-dealkylation sites (tertiary alicyclic amines) is 1. The van der Waals surface area contributed by atoms with Crippen molar-refractivity contribution in [3.8, 4) is 0 Å². The number of hydrogen-bond donors (Lipinski definition) is 1. The highest BCUT2D eigenvalue weighted by Crippen LogP contribution is 2.27. The number of nitrogens with zero attached hydrogens (tertiary/aromatic N) is 1. The van der Waals surface area contributed by atoms with E-state index < -0.39 is 0 Å². The lowest BCUT2D eigenvalue weighted by Gasteiger charge is -2.31. The van der Waals surface area contributed by atoms with Crippen molar-refractivity contribution in [2.24, 2.45) is 5.92 Å². The first-order chi connectivity index (χ1) is 12.1. The van der Waals surface area contributed by atoms with Crippen molar-refractivity contribution in [1.29, 1.82) is 0 Å². The van der Waals surface area contributed by atoms with Crippen LogP contribution < -0.4 is 5.32 Å². The van der Waals surface area contributed by atoms with Gasteiger partial charge in [0.2, 0.25) is 0 Å². The number of benzene rings is 1. The van der Waals surface area contributed by atoms with E-state index in [-0.39, 0.29) is 5.91 Å². The molecule has 0 unspecified atom stereocenters. The molecule has 0 atom stereocenters. The molecule has 1 amide bonds. The number of para-hydroxylation sites is 1. The maximum atomic E-state index is 12.6. The van der Waals surface area contributed by atoms with Crippen molar-refractivity contribution < 1.29 is 13.9 Å². The topological polar surface area (TPSA) is 54.7 Å². The zero-order valence-corrected chi connectivity index (χ0v) is 15.4. The van der Waals surface area contributed by atoms with Gasteiger partial charge >= 0.3 is 0 Å². The monoisotopic (exact) mass is 344 g/mol. The predicted octanol–water partition coefficient (Wildman–Crippen LogP) is 3.14. The molecule has 2 heterocycles. The number of fused-ring (bicyclic) bond motifs is 1. The minimum absolute atomic E-state index is 0.102. The summed E-state index contributed by atoms with van der Waals surface area (Å²) in [4.78, 5) is 15.0. The van der Waals surface area contributed by atoms with Crippen LogP contribution >= 0.6 is 0 Å². The molecule has 1 aliphatic rings. The maximum absolute atomic E-state index is 12.6. The van der Waals surface area contributed by atoms with Crippen molar-refractivity contribution in [3.05, 3.63) is 35.1 Å². The summed E-state index contributed by atoms with van der Waals surface area (Å²) in [7, 11) is 1.74. The Morgan fingerprint density at radius 2 is 2.08 bits per heavy atom. The fourth-order valence-electron chi connectivity index (χ4n) is 3.55. The van der Waals surface area contributed by atoms with Crippen LogP contribution in [-0.2, 0) is 4.74 Å². The number of rotatable bonds is 6. The molecule has 136 valence electrons. The summed E-state index contributed by atoms with van der Waals surface area (Å²) in [5, 5.41) is 4.10. The minimum Gasteiger partial charge on any atom is -0.450 e. The average Bonchev–Trinajstić information content (AvgIpc) is 2.97. The van der Waals surface area contributed by atoms with Gasteiger partial charge in [0, 0.05) is 31.1 Å². The Morgan fingerprint density at radius 3 is 2.76 bits per heavy atom. The zero-order valence-electron chi connectivity index (χ0n) is 15.4. The largest absolute Gasteiger partial charge is 0.450 e. The van der Waals surface area contributed by atoms with Crippen molar-refractivity contribution >= 4 is 16.9 Å². The zero-order chi connectivity index (χ0) is 17.8. The number of ether oxygens (including phenoxy) is 1. The van der Waals surface area contributed by atoms with E-state index in [0.717, 1.165) is 61.2 Å². The van der Waals surface area contributed by atoms with Crippen LogP contribution in [0.2, 0.25) is 0 Å². The number of aryl methyl sites for hydroxylation is 2. The first-order valence-corrected chi connectivity index (χ1v) is 9.08. The van der Waals surface area contributed by atoms with Crippen LogP contribution in [0.15, 0.2) is 22.6 Å². The van der Waals surface area contributed by atoms with Gasteiger partial charge in [0.25, 0.3) is 5.91 Å². The summed E-state index contributed by atoms with van der Waals surface area (Å²) in [6.07, 6.45) is 2.23. The molecule has 25 heavy (non-hydrogen) atoms. The number of carbonyl (C=O) groups excluding carboxylic acids is 1. The Hall–Kier alpha value is -1.85. The van der Waals surface area contributed by atoms with Crippen LogP contribution in [-0.4, -0.2) is 50.7 Å². The van der Waals surface area contributed by atoms with Crippen LogP contribution in [0.5, 0.6) is 0 Å². The van der Waals surface area contributed by atoms with E-state index in [1.807, 2.05) is 32.0 Å². The van der Waals surface area contributed by atoms with Gasteiger partial charge in [-0.3, -0.25) is 4.79 Å². The van der Waals surface area contributed by atoms with Crippen molar-refractivity contribution in [1.82, 2.24) is 10.2 Å². The van der Waals surface area contributed by atoms with Gasteiger partial charge in [-0.1, -0.05) is 18.2 Å². The molecular weight excluding hydrogens is 316 g/mol. The van der Waals surface area contributed by atoms with E-state index in [1.165, 1.54) is 0 Å². The number of hydrogen-bond acceptors (Lipinski definition) is 4. The first-order valence-electron chi connectivity index (χ1n) is 9.08. The number of amides is 1. The Balaban J connectivity index is 1.55. The second-order valence-corrected chi connectivity index (χ2v) is 7.00. The normalized spacial score (nSPS) is 16.4. The second kappa shape index (κ2) is 8.02. The minimum atomic E-state index is -0.102. The molecule has 0 saturated carbocycles. The molecule has 5 nitrogen and oxygen atoms in total. The molecule has 1 aromatic carbocycles. The van der Waals surface area contributed by atoms with Gasteiger partial charge in [-0.25, -0.2) is 0 Å². The maximum Gasteiger partial charge on any atom is 0.287 e. The fourth-order valence-corrected chi connectivity index (χ4v) is 3.55. The fraction of sp³-hybridized carbons (Fsp3) is 0.550. The number of nitrogens with one attached hydrogen (secondary N) is 1. The Morgan fingerprint density at radius 1 is 1.32 bits per heavy atom. The summed E-state index contributed by atoms with van der Waals surface area (Å²) >= 11 is 0. The lowest BCUT2D eigenvalue weighted by Crippen LogP contribution is -2.39. The number of furan rings is 1. The third kappa shape index (κ3) is 4.05. The highest BCUT2D eigenvalue weighted by molar-refractivity contribution is 5.99. The van der Waals surface area contributed by atoms with Gasteiger partial charge in [0.15, 0.2) is 5.76 Å². The lowest BCUT2D eigenvalue weighted by atomic mass is 9.97. The molecule has 0 aliphatic carbocycles. The molecule has 1 saturated heterocycles. The third-order valence-electron chi connectivity index (χ3n) is 5.24. The average molecular weight is 344 g/mol. The van der Waals surface area contributed by atoms with E-state index in [0.29, 0.717) is 18.2 Å². The molecule has 1 N–H and O–H groups in total. The number of carbonyl (C=O) groups is 1. The van der Waals surface area contributed by atoms with Gasteiger partial charge in [-0.15, -0.1) is 0 Å². The van der Waals surface area contributed by atoms with Crippen LogP contribution in [0.4, 0.5) is 0 Å². The van der Waals surface area contributed by atoms with Crippen LogP contribution in [0.25, 0.3) is 11.0 Å². The second-order valence-electron chi connectivity index (χ2n) is 7.00. The van der Waals surface area contributed by atoms with Gasteiger partial charge in [0.1, 0.15) is 5.58 Å².